The SMILES string of the molecule is Nc1ccc2c(c1)OCCN2CCN1CCNCC1. The van der Waals surface area contributed by atoms with Crippen LogP contribution in [-0.4, -0.2) is 57.3 Å². The van der Waals surface area contributed by atoms with Gasteiger partial charge in [0.05, 0.1) is 12.2 Å². The molecule has 3 N–H and O–H groups in total. The summed E-state index contributed by atoms with van der Waals surface area (Å²) >= 11 is 0. The second-order valence-electron chi connectivity index (χ2n) is 5.15. The highest BCUT2D eigenvalue weighted by Crippen LogP contribution is 2.32. The molecule has 1 aromatic carbocycles. The summed E-state index contributed by atoms with van der Waals surface area (Å²) in [5.41, 5.74) is 7.75. The van der Waals surface area contributed by atoms with E-state index in [0.717, 1.165) is 63.9 Å². The van der Waals surface area contributed by atoms with Crippen LogP contribution in [0.5, 0.6) is 5.75 Å². The highest BCUT2D eigenvalue weighted by Gasteiger charge is 2.19. The average Bonchev–Trinajstić information content (AvgIpc) is 2.45. The quantitative estimate of drug-likeness (QED) is 0.771. The maximum Gasteiger partial charge on any atom is 0.144 e. The van der Waals surface area contributed by atoms with Gasteiger partial charge in [0, 0.05) is 51.0 Å². The van der Waals surface area contributed by atoms with E-state index in [-0.39, 0.29) is 0 Å². The minimum Gasteiger partial charge on any atom is -0.489 e. The fourth-order valence-electron chi connectivity index (χ4n) is 2.72. The molecule has 0 atom stereocenters. The Morgan fingerprint density at radius 2 is 2.00 bits per heavy atom. The number of nitrogens with zero attached hydrogens (tertiary/aromatic N) is 2. The Morgan fingerprint density at radius 3 is 2.84 bits per heavy atom. The molecule has 0 unspecified atom stereocenters. The van der Waals surface area contributed by atoms with E-state index in [1.807, 2.05) is 12.1 Å². The van der Waals surface area contributed by atoms with Crippen LogP contribution < -0.4 is 20.7 Å². The molecule has 19 heavy (non-hydrogen) atoms. The fraction of sp³-hybridized carbons (Fsp3) is 0.571. The van der Waals surface area contributed by atoms with Crippen LogP contribution in [0.2, 0.25) is 0 Å². The zero-order chi connectivity index (χ0) is 13.1. The van der Waals surface area contributed by atoms with Crippen molar-refractivity contribution in [2.45, 2.75) is 0 Å². The fourth-order valence-corrected chi connectivity index (χ4v) is 2.72. The molecule has 0 amide bonds. The molecular weight excluding hydrogens is 240 g/mol. The van der Waals surface area contributed by atoms with Crippen LogP contribution in [0.3, 0.4) is 0 Å². The van der Waals surface area contributed by atoms with Crippen molar-refractivity contribution < 1.29 is 4.74 Å². The monoisotopic (exact) mass is 262 g/mol. The molecular formula is C14H22N4O. The molecule has 2 heterocycles. The van der Waals surface area contributed by atoms with Crippen LogP contribution in [0, 0.1) is 0 Å². The summed E-state index contributed by atoms with van der Waals surface area (Å²) in [5, 5.41) is 3.39. The van der Waals surface area contributed by atoms with E-state index < -0.39 is 0 Å². The number of hydrogen-bond acceptors (Lipinski definition) is 5. The van der Waals surface area contributed by atoms with E-state index in [0.29, 0.717) is 0 Å². The lowest BCUT2D eigenvalue weighted by molar-refractivity contribution is 0.240. The van der Waals surface area contributed by atoms with Gasteiger partial charge in [-0.2, -0.15) is 0 Å². The van der Waals surface area contributed by atoms with Crippen molar-refractivity contribution in [3.63, 3.8) is 0 Å². The highest BCUT2D eigenvalue weighted by molar-refractivity contribution is 5.65. The second kappa shape index (κ2) is 5.67. The maximum absolute atomic E-state index is 5.80. The van der Waals surface area contributed by atoms with Gasteiger partial charge in [0.1, 0.15) is 12.4 Å². The van der Waals surface area contributed by atoms with E-state index in [2.05, 4.69) is 21.2 Å². The molecule has 0 aliphatic carbocycles. The summed E-state index contributed by atoms with van der Waals surface area (Å²) < 4.78 is 5.68. The Bertz CT molecular complexity index is 431. The van der Waals surface area contributed by atoms with Crippen LogP contribution in [0.25, 0.3) is 0 Å². The van der Waals surface area contributed by atoms with Crippen molar-refractivity contribution in [2.24, 2.45) is 0 Å². The van der Waals surface area contributed by atoms with Crippen molar-refractivity contribution in [3.05, 3.63) is 18.2 Å². The highest BCUT2D eigenvalue weighted by atomic mass is 16.5. The molecule has 0 saturated carbocycles. The summed E-state index contributed by atoms with van der Waals surface area (Å²) in [6, 6.07) is 5.94. The first kappa shape index (κ1) is 12.6. The lowest BCUT2D eigenvalue weighted by Crippen LogP contribution is -2.47. The van der Waals surface area contributed by atoms with Gasteiger partial charge < -0.3 is 20.7 Å². The zero-order valence-corrected chi connectivity index (χ0v) is 11.3. The average molecular weight is 262 g/mol. The smallest absolute Gasteiger partial charge is 0.144 e. The van der Waals surface area contributed by atoms with Crippen molar-refractivity contribution in [3.8, 4) is 5.75 Å². The molecule has 1 saturated heterocycles. The number of hydrogen-bond donors (Lipinski definition) is 2. The largest absolute Gasteiger partial charge is 0.489 e. The van der Waals surface area contributed by atoms with Crippen LogP contribution >= 0.6 is 0 Å². The summed E-state index contributed by atoms with van der Waals surface area (Å²) in [6.07, 6.45) is 0. The van der Waals surface area contributed by atoms with Gasteiger partial charge >= 0.3 is 0 Å². The molecule has 0 bridgehead atoms. The molecule has 5 heteroatoms. The van der Waals surface area contributed by atoms with Crippen LogP contribution in [0.15, 0.2) is 18.2 Å². The predicted molar refractivity (Wildman–Crippen MR) is 77.9 cm³/mol. The lowest BCUT2D eigenvalue weighted by Gasteiger charge is -2.34. The van der Waals surface area contributed by atoms with Crippen molar-refractivity contribution in [1.82, 2.24) is 10.2 Å². The van der Waals surface area contributed by atoms with Crippen LogP contribution in [0.1, 0.15) is 0 Å². The summed E-state index contributed by atoms with van der Waals surface area (Å²) in [7, 11) is 0. The number of ether oxygens (including phenoxy) is 1. The Balaban J connectivity index is 1.63. The van der Waals surface area contributed by atoms with Crippen molar-refractivity contribution in [1.29, 1.82) is 0 Å². The molecule has 0 aromatic heterocycles. The molecule has 0 radical (unpaired) electrons. The maximum atomic E-state index is 5.80. The first-order chi connectivity index (χ1) is 9.33. The summed E-state index contributed by atoms with van der Waals surface area (Å²) in [6.45, 7) is 8.40. The third-order valence-corrected chi connectivity index (χ3v) is 3.84. The topological polar surface area (TPSA) is 53.8 Å². The number of piperazine rings is 1. The number of anilines is 2. The molecule has 1 fully saturated rings. The van der Waals surface area contributed by atoms with Gasteiger partial charge in [-0.05, 0) is 12.1 Å². The number of nitrogen functional groups attached to an aromatic ring is 1. The number of nitrogens with one attached hydrogen (secondary N) is 1. The van der Waals surface area contributed by atoms with E-state index in [1.54, 1.807) is 0 Å². The number of benzene rings is 1. The normalized spacial score (nSPS) is 19.9. The van der Waals surface area contributed by atoms with Crippen molar-refractivity contribution in [2.75, 3.05) is 63.1 Å². The third-order valence-electron chi connectivity index (χ3n) is 3.84. The standard InChI is InChI=1S/C14H22N4O/c15-12-1-2-13-14(11-12)19-10-9-18(13)8-7-17-5-3-16-4-6-17/h1-2,11,16H,3-10,15H2. The predicted octanol–water partition coefficient (Wildman–Crippen LogP) is 0.373. The van der Waals surface area contributed by atoms with E-state index >= 15 is 0 Å². The van der Waals surface area contributed by atoms with Gasteiger partial charge in [0.2, 0.25) is 0 Å². The minimum absolute atomic E-state index is 0.748. The van der Waals surface area contributed by atoms with Gasteiger partial charge in [0.25, 0.3) is 0 Å². The zero-order valence-electron chi connectivity index (χ0n) is 11.3. The Kier molecular flexibility index (Phi) is 3.75. The third kappa shape index (κ3) is 2.93. The van der Waals surface area contributed by atoms with E-state index in [9.17, 15) is 0 Å². The van der Waals surface area contributed by atoms with Gasteiger partial charge in [-0.3, -0.25) is 4.90 Å². The first-order valence-electron chi connectivity index (χ1n) is 7.03. The molecule has 2 aliphatic heterocycles. The van der Waals surface area contributed by atoms with Crippen LogP contribution in [0.4, 0.5) is 11.4 Å². The Morgan fingerprint density at radius 1 is 1.16 bits per heavy atom. The van der Waals surface area contributed by atoms with Gasteiger partial charge in [-0.15, -0.1) is 0 Å². The molecule has 104 valence electrons. The van der Waals surface area contributed by atoms with Gasteiger partial charge in [0.15, 0.2) is 0 Å². The van der Waals surface area contributed by atoms with Crippen LogP contribution in [-0.2, 0) is 0 Å². The lowest BCUT2D eigenvalue weighted by atomic mass is 10.2. The Hall–Kier alpha value is -1.46. The molecule has 2 aliphatic rings. The number of rotatable bonds is 3. The minimum atomic E-state index is 0.748. The van der Waals surface area contributed by atoms with Gasteiger partial charge in [-0.1, -0.05) is 0 Å². The number of fused-ring (bicyclic) bond motifs is 1. The molecule has 0 spiro atoms. The number of nitrogens with two attached hydrogens (primary N) is 1. The van der Waals surface area contributed by atoms with Crippen molar-refractivity contribution >= 4 is 11.4 Å². The van der Waals surface area contributed by atoms with Gasteiger partial charge in [-0.25, -0.2) is 0 Å². The summed E-state index contributed by atoms with van der Waals surface area (Å²) in [4.78, 5) is 4.92. The summed E-state index contributed by atoms with van der Waals surface area (Å²) in [5.74, 6) is 0.923. The first-order valence-corrected chi connectivity index (χ1v) is 7.03. The molecule has 5 nitrogen and oxygen atoms in total. The molecule has 1 aromatic rings. The second-order valence-corrected chi connectivity index (χ2v) is 5.15. The van der Waals surface area contributed by atoms with E-state index in [1.165, 1.54) is 5.69 Å². The Labute approximate surface area is 114 Å². The molecule has 3 rings (SSSR count). The van der Waals surface area contributed by atoms with E-state index in [4.69, 9.17) is 10.5 Å².